The first kappa shape index (κ1) is 21.5. The van der Waals surface area contributed by atoms with Crippen molar-refractivity contribution in [3.63, 3.8) is 0 Å². The lowest BCUT2D eigenvalue weighted by molar-refractivity contribution is 0.102. The molecule has 0 aliphatic carbocycles. The van der Waals surface area contributed by atoms with Crippen molar-refractivity contribution in [3.8, 4) is 28.7 Å². The number of para-hydroxylation sites is 3. The van der Waals surface area contributed by atoms with E-state index in [1.54, 1.807) is 36.6 Å². The Bertz CT molecular complexity index is 1360. The van der Waals surface area contributed by atoms with Crippen LogP contribution in [0.2, 0.25) is 0 Å². The van der Waals surface area contributed by atoms with Crippen LogP contribution < -0.4 is 14.8 Å². The average Bonchev–Trinajstić information content (AvgIpc) is 3.57. The lowest BCUT2D eigenvalue weighted by Gasteiger charge is -2.12. The Morgan fingerprint density at radius 1 is 0.882 bits per heavy atom. The molecule has 0 radical (unpaired) electrons. The van der Waals surface area contributed by atoms with E-state index in [-0.39, 0.29) is 5.91 Å². The Balaban J connectivity index is 1.20. The summed E-state index contributed by atoms with van der Waals surface area (Å²) in [5.74, 6) is 2.41. The van der Waals surface area contributed by atoms with Gasteiger partial charge in [0.15, 0.2) is 11.5 Å². The zero-order chi connectivity index (χ0) is 23.2. The number of nitrogens with zero attached hydrogens (tertiary/aromatic N) is 1. The number of aromatic nitrogens is 1. The minimum absolute atomic E-state index is 0.237. The van der Waals surface area contributed by atoms with Crippen LogP contribution in [-0.2, 0) is 6.61 Å². The molecule has 0 spiro atoms. The van der Waals surface area contributed by atoms with Gasteiger partial charge in [0.2, 0.25) is 0 Å². The smallest absolute Gasteiger partial charge is 0.255 e. The van der Waals surface area contributed by atoms with Gasteiger partial charge in [-0.1, -0.05) is 30.3 Å². The van der Waals surface area contributed by atoms with E-state index in [1.165, 1.54) is 11.3 Å². The molecule has 3 aromatic carbocycles. The first-order valence-electron chi connectivity index (χ1n) is 10.6. The number of ether oxygens (including phenoxy) is 2. The van der Waals surface area contributed by atoms with Crippen molar-refractivity contribution in [2.75, 3.05) is 5.32 Å². The van der Waals surface area contributed by atoms with E-state index in [0.717, 1.165) is 16.5 Å². The van der Waals surface area contributed by atoms with Crippen LogP contribution in [0.5, 0.6) is 17.2 Å². The van der Waals surface area contributed by atoms with Gasteiger partial charge >= 0.3 is 0 Å². The second kappa shape index (κ2) is 10.1. The lowest BCUT2D eigenvalue weighted by atomic mass is 10.2. The van der Waals surface area contributed by atoms with Crippen molar-refractivity contribution in [2.24, 2.45) is 0 Å². The van der Waals surface area contributed by atoms with Gasteiger partial charge in [0.05, 0.1) is 12.0 Å². The summed E-state index contributed by atoms with van der Waals surface area (Å²) in [5.41, 5.74) is 1.89. The predicted octanol–water partition coefficient (Wildman–Crippen LogP) is 7.03. The second-order valence-electron chi connectivity index (χ2n) is 7.28. The van der Waals surface area contributed by atoms with Gasteiger partial charge in [0.1, 0.15) is 28.8 Å². The number of carbonyl (C=O) groups is 1. The highest BCUT2D eigenvalue weighted by atomic mass is 32.1. The van der Waals surface area contributed by atoms with Crippen LogP contribution in [0.25, 0.3) is 11.5 Å². The first-order valence-corrected chi connectivity index (χ1v) is 11.5. The molecular weight excluding hydrogens is 448 g/mol. The molecule has 1 N–H and O–H groups in total. The number of nitrogens with one attached hydrogen (secondary N) is 1. The fourth-order valence-corrected chi connectivity index (χ4v) is 3.93. The van der Waals surface area contributed by atoms with Gasteiger partial charge in [-0.2, -0.15) is 0 Å². The summed E-state index contributed by atoms with van der Waals surface area (Å²) < 4.78 is 17.1. The highest BCUT2D eigenvalue weighted by Gasteiger charge is 2.11. The summed E-state index contributed by atoms with van der Waals surface area (Å²) in [5, 5.41) is 5.69. The summed E-state index contributed by atoms with van der Waals surface area (Å²) in [6.45, 7) is 0.334. The van der Waals surface area contributed by atoms with E-state index in [0.29, 0.717) is 35.1 Å². The van der Waals surface area contributed by atoms with Crippen molar-refractivity contribution in [1.82, 2.24) is 4.98 Å². The molecule has 1 amide bonds. The summed E-state index contributed by atoms with van der Waals surface area (Å²) in [6, 6.07) is 27.4. The highest BCUT2D eigenvalue weighted by Crippen LogP contribution is 2.29. The first-order chi connectivity index (χ1) is 16.7. The average molecular weight is 469 g/mol. The molecule has 34 heavy (non-hydrogen) atoms. The molecule has 0 atom stereocenters. The topological polar surface area (TPSA) is 73.6 Å². The third-order valence-electron chi connectivity index (χ3n) is 4.91. The normalized spacial score (nSPS) is 10.6. The van der Waals surface area contributed by atoms with Gasteiger partial charge in [-0.15, -0.1) is 11.3 Å². The van der Waals surface area contributed by atoms with Crippen LogP contribution in [0.4, 0.5) is 5.69 Å². The molecule has 7 heteroatoms. The molecule has 5 aromatic rings. The molecular formula is C27H20N2O4S. The fraction of sp³-hybridized carbons (Fsp3) is 0.0370. The van der Waals surface area contributed by atoms with E-state index in [4.69, 9.17) is 13.9 Å². The summed E-state index contributed by atoms with van der Waals surface area (Å²) in [4.78, 5) is 17.3. The Kier molecular flexibility index (Phi) is 6.36. The molecule has 168 valence electrons. The minimum Gasteiger partial charge on any atom is -0.486 e. The molecule has 0 bridgehead atoms. The molecule has 2 heterocycles. The summed E-state index contributed by atoms with van der Waals surface area (Å²) in [6.07, 6.45) is 1.62. The quantitative estimate of drug-likeness (QED) is 0.265. The molecule has 0 aliphatic heterocycles. The third-order valence-corrected chi connectivity index (χ3v) is 5.73. The molecule has 5 rings (SSSR count). The maximum absolute atomic E-state index is 12.8. The van der Waals surface area contributed by atoms with Crippen molar-refractivity contribution in [3.05, 3.63) is 113 Å². The number of benzene rings is 3. The van der Waals surface area contributed by atoms with E-state index < -0.39 is 0 Å². The van der Waals surface area contributed by atoms with Crippen molar-refractivity contribution in [2.45, 2.75) is 6.61 Å². The Morgan fingerprint density at radius 2 is 1.68 bits per heavy atom. The summed E-state index contributed by atoms with van der Waals surface area (Å²) in [7, 11) is 0. The van der Waals surface area contributed by atoms with Crippen molar-refractivity contribution >= 4 is 22.9 Å². The van der Waals surface area contributed by atoms with Crippen LogP contribution in [0.1, 0.15) is 15.4 Å². The van der Waals surface area contributed by atoms with Crippen LogP contribution in [0, 0.1) is 0 Å². The van der Waals surface area contributed by atoms with Gasteiger partial charge in [-0.3, -0.25) is 4.79 Å². The molecule has 0 saturated carbocycles. The molecule has 6 nitrogen and oxygen atoms in total. The SMILES string of the molecule is O=C(Nc1ccccc1Oc1ccccc1)c1ccc(OCc2nc(-c3ccco3)cs2)cc1. The number of rotatable bonds is 8. The van der Waals surface area contributed by atoms with Gasteiger partial charge in [-0.25, -0.2) is 4.98 Å². The number of hydrogen-bond acceptors (Lipinski definition) is 6. The maximum atomic E-state index is 12.8. The minimum atomic E-state index is -0.237. The van der Waals surface area contributed by atoms with E-state index in [2.05, 4.69) is 10.3 Å². The number of carbonyl (C=O) groups excluding carboxylic acids is 1. The zero-order valence-corrected chi connectivity index (χ0v) is 18.8. The molecule has 0 unspecified atom stereocenters. The Hall–Kier alpha value is -4.36. The number of anilines is 1. The number of amides is 1. The number of hydrogen-bond donors (Lipinski definition) is 1. The Labute approximate surface area is 200 Å². The van der Waals surface area contributed by atoms with Crippen LogP contribution in [0.15, 0.2) is 107 Å². The molecule has 0 fully saturated rings. The predicted molar refractivity (Wildman–Crippen MR) is 132 cm³/mol. The van der Waals surface area contributed by atoms with Gasteiger partial charge in [0, 0.05) is 10.9 Å². The standard InChI is InChI=1S/C27H20N2O4S/c30-27(29-22-9-4-5-10-25(22)33-21-7-2-1-3-8-21)19-12-14-20(15-13-19)32-17-26-28-23(18-34-26)24-11-6-16-31-24/h1-16,18H,17H2,(H,29,30). The van der Waals surface area contributed by atoms with Gasteiger partial charge in [0.25, 0.3) is 5.91 Å². The van der Waals surface area contributed by atoms with E-state index >= 15 is 0 Å². The molecule has 0 saturated heterocycles. The van der Waals surface area contributed by atoms with Gasteiger partial charge in [-0.05, 0) is 60.7 Å². The highest BCUT2D eigenvalue weighted by molar-refractivity contribution is 7.09. The second-order valence-corrected chi connectivity index (χ2v) is 8.22. The largest absolute Gasteiger partial charge is 0.486 e. The van der Waals surface area contributed by atoms with E-state index in [1.807, 2.05) is 66.0 Å². The fourth-order valence-electron chi connectivity index (χ4n) is 3.23. The summed E-state index contributed by atoms with van der Waals surface area (Å²) >= 11 is 1.51. The van der Waals surface area contributed by atoms with Crippen LogP contribution >= 0.6 is 11.3 Å². The van der Waals surface area contributed by atoms with Crippen molar-refractivity contribution in [1.29, 1.82) is 0 Å². The molecule has 2 aromatic heterocycles. The van der Waals surface area contributed by atoms with Crippen LogP contribution in [-0.4, -0.2) is 10.9 Å². The van der Waals surface area contributed by atoms with Crippen LogP contribution in [0.3, 0.4) is 0 Å². The van der Waals surface area contributed by atoms with Gasteiger partial charge < -0.3 is 19.2 Å². The Morgan fingerprint density at radius 3 is 2.47 bits per heavy atom. The number of thiazole rings is 1. The monoisotopic (exact) mass is 468 g/mol. The molecule has 0 aliphatic rings. The van der Waals surface area contributed by atoms with E-state index in [9.17, 15) is 4.79 Å². The zero-order valence-electron chi connectivity index (χ0n) is 18.0. The number of furan rings is 1. The van der Waals surface area contributed by atoms with Crippen molar-refractivity contribution < 1.29 is 18.7 Å². The third kappa shape index (κ3) is 5.16. The maximum Gasteiger partial charge on any atom is 0.255 e. The lowest BCUT2D eigenvalue weighted by Crippen LogP contribution is -2.12.